The number of fused-ring (bicyclic) bond motifs is 1. The average molecular weight is 452 g/mol. The number of aromatic nitrogens is 2. The van der Waals surface area contributed by atoms with Crippen LogP contribution in [0.5, 0.6) is 0 Å². The van der Waals surface area contributed by atoms with Crippen molar-refractivity contribution in [3.8, 4) is 10.4 Å². The highest BCUT2D eigenvalue weighted by Gasteiger charge is 2.16. The average Bonchev–Trinajstić information content (AvgIpc) is 3.21. The molecule has 0 radical (unpaired) electrons. The van der Waals surface area contributed by atoms with Crippen LogP contribution >= 0.6 is 23.1 Å². The highest BCUT2D eigenvalue weighted by atomic mass is 32.2. The molecule has 156 valence electrons. The van der Waals surface area contributed by atoms with Crippen LogP contribution in [-0.2, 0) is 11.3 Å². The molecule has 2 aromatic carbocycles. The first-order chi connectivity index (χ1) is 15.0. The van der Waals surface area contributed by atoms with Gasteiger partial charge in [0.05, 0.1) is 11.3 Å². The summed E-state index contributed by atoms with van der Waals surface area (Å²) in [7, 11) is 0. The van der Waals surface area contributed by atoms with E-state index in [-0.39, 0.29) is 23.0 Å². The monoisotopic (exact) mass is 451 g/mol. The lowest BCUT2D eigenvalue weighted by Gasteiger charge is -2.10. The molecule has 0 aliphatic heterocycles. The molecule has 4 rings (SSSR count). The Morgan fingerprint density at radius 2 is 1.94 bits per heavy atom. The summed E-state index contributed by atoms with van der Waals surface area (Å²) in [6.45, 7) is 4.02. The first-order valence-corrected chi connectivity index (χ1v) is 11.2. The van der Waals surface area contributed by atoms with Crippen molar-refractivity contribution >= 4 is 44.9 Å². The maximum atomic E-state index is 13.1. The summed E-state index contributed by atoms with van der Waals surface area (Å²) in [6, 6.07) is 17.3. The van der Waals surface area contributed by atoms with Gasteiger partial charge in [0, 0.05) is 17.1 Å². The Morgan fingerprint density at radius 1 is 1.19 bits per heavy atom. The summed E-state index contributed by atoms with van der Waals surface area (Å²) in [5.41, 5.74) is 1.98. The SMILES string of the molecule is C=CCn1c(SCC(=O)Nc2ccc(F)cc2)nc2cc(-c3ccccc3)sc2c1=O. The van der Waals surface area contributed by atoms with Crippen LogP contribution in [0.4, 0.5) is 10.1 Å². The molecule has 0 unspecified atom stereocenters. The fourth-order valence-electron chi connectivity index (χ4n) is 3.00. The predicted octanol–water partition coefficient (Wildman–Crippen LogP) is 5.18. The Labute approximate surface area is 186 Å². The van der Waals surface area contributed by atoms with Crippen molar-refractivity contribution < 1.29 is 9.18 Å². The van der Waals surface area contributed by atoms with Crippen molar-refractivity contribution in [3.63, 3.8) is 0 Å². The molecule has 8 heteroatoms. The maximum Gasteiger partial charge on any atom is 0.272 e. The van der Waals surface area contributed by atoms with Crippen LogP contribution in [0.15, 0.2) is 83.3 Å². The first kappa shape index (κ1) is 21.0. The molecule has 0 aliphatic rings. The molecular formula is C23H18FN3O2S2. The number of nitrogens with zero attached hydrogens (tertiary/aromatic N) is 2. The van der Waals surface area contributed by atoms with E-state index in [1.54, 1.807) is 6.08 Å². The fraction of sp³-hybridized carbons (Fsp3) is 0.0870. The highest BCUT2D eigenvalue weighted by molar-refractivity contribution is 7.99. The molecule has 0 atom stereocenters. The number of halogens is 1. The second-order valence-electron chi connectivity index (χ2n) is 6.63. The molecule has 2 heterocycles. The Hall–Kier alpha value is -3.23. The lowest BCUT2D eigenvalue weighted by molar-refractivity contribution is -0.113. The first-order valence-electron chi connectivity index (χ1n) is 9.44. The molecule has 1 amide bonds. The normalized spacial score (nSPS) is 10.9. The Kier molecular flexibility index (Phi) is 6.29. The number of carbonyl (C=O) groups is 1. The van der Waals surface area contributed by atoms with Crippen molar-refractivity contribution in [1.29, 1.82) is 0 Å². The van der Waals surface area contributed by atoms with E-state index < -0.39 is 0 Å². The van der Waals surface area contributed by atoms with Gasteiger partial charge >= 0.3 is 0 Å². The largest absolute Gasteiger partial charge is 0.325 e. The summed E-state index contributed by atoms with van der Waals surface area (Å²) in [6.07, 6.45) is 1.63. The van der Waals surface area contributed by atoms with Gasteiger partial charge in [-0.1, -0.05) is 48.2 Å². The molecule has 2 aromatic heterocycles. The number of thiophene rings is 1. The number of rotatable bonds is 7. The van der Waals surface area contributed by atoms with Gasteiger partial charge in [0.25, 0.3) is 5.56 Å². The molecule has 31 heavy (non-hydrogen) atoms. The number of allylic oxidation sites excluding steroid dienone is 1. The zero-order chi connectivity index (χ0) is 21.8. The number of thioether (sulfide) groups is 1. The van der Waals surface area contributed by atoms with Gasteiger partial charge in [-0.25, -0.2) is 9.37 Å². The fourth-order valence-corrected chi connectivity index (χ4v) is 4.86. The van der Waals surface area contributed by atoms with Crippen LogP contribution in [0.25, 0.3) is 20.7 Å². The molecule has 4 aromatic rings. The maximum absolute atomic E-state index is 13.1. The van der Waals surface area contributed by atoms with E-state index in [2.05, 4.69) is 16.9 Å². The summed E-state index contributed by atoms with van der Waals surface area (Å²) >= 11 is 2.58. The minimum Gasteiger partial charge on any atom is -0.325 e. The lowest BCUT2D eigenvalue weighted by Crippen LogP contribution is -2.23. The van der Waals surface area contributed by atoms with Crippen LogP contribution in [0.3, 0.4) is 0 Å². The molecule has 0 saturated carbocycles. The third-order valence-electron chi connectivity index (χ3n) is 4.43. The zero-order valence-electron chi connectivity index (χ0n) is 16.4. The summed E-state index contributed by atoms with van der Waals surface area (Å²) in [4.78, 5) is 31.0. The Bertz CT molecular complexity index is 1300. The van der Waals surface area contributed by atoms with Crippen LogP contribution in [0.2, 0.25) is 0 Å². The second-order valence-corrected chi connectivity index (χ2v) is 8.63. The van der Waals surface area contributed by atoms with Crippen LogP contribution in [0, 0.1) is 5.82 Å². The molecule has 0 bridgehead atoms. The topological polar surface area (TPSA) is 64.0 Å². The van der Waals surface area contributed by atoms with Crippen LogP contribution < -0.4 is 10.9 Å². The van der Waals surface area contributed by atoms with E-state index >= 15 is 0 Å². The molecular weight excluding hydrogens is 433 g/mol. The number of carbonyl (C=O) groups excluding carboxylic acids is 1. The lowest BCUT2D eigenvalue weighted by atomic mass is 10.2. The van der Waals surface area contributed by atoms with Crippen LogP contribution in [-0.4, -0.2) is 21.2 Å². The van der Waals surface area contributed by atoms with Gasteiger partial charge in [-0.3, -0.25) is 14.2 Å². The smallest absolute Gasteiger partial charge is 0.272 e. The van der Waals surface area contributed by atoms with Gasteiger partial charge in [0.15, 0.2) is 5.16 Å². The van der Waals surface area contributed by atoms with Crippen molar-refractivity contribution in [2.24, 2.45) is 0 Å². The molecule has 1 N–H and O–H groups in total. The minimum atomic E-state index is -0.371. The summed E-state index contributed by atoms with van der Waals surface area (Å²) < 4.78 is 15.1. The number of benzene rings is 2. The van der Waals surface area contributed by atoms with Crippen molar-refractivity contribution in [2.45, 2.75) is 11.7 Å². The van der Waals surface area contributed by atoms with Crippen molar-refractivity contribution in [3.05, 3.63) is 89.5 Å². The molecule has 0 fully saturated rings. The molecule has 0 saturated heterocycles. The number of hydrogen-bond acceptors (Lipinski definition) is 5. The van der Waals surface area contributed by atoms with E-state index in [0.29, 0.717) is 27.6 Å². The van der Waals surface area contributed by atoms with Gasteiger partial charge in [0.1, 0.15) is 10.5 Å². The van der Waals surface area contributed by atoms with E-state index in [4.69, 9.17) is 0 Å². The number of hydrogen-bond donors (Lipinski definition) is 1. The van der Waals surface area contributed by atoms with Gasteiger partial charge in [0.2, 0.25) is 5.91 Å². The third kappa shape index (κ3) is 4.76. The van der Waals surface area contributed by atoms with Gasteiger partial charge < -0.3 is 5.32 Å². The quantitative estimate of drug-likeness (QED) is 0.239. The van der Waals surface area contributed by atoms with Crippen LogP contribution in [0.1, 0.15) is 0 Å². The molecule has 5 nitrogen and oxygen atoms in total. The Morgan fingerprint density at radius 3 is 2.65 bits per heavy atom. The number of amides is 1. The van der Waals surface area contributed by atoms with Gasteiger partial charge in [-0.2, -0.15) is 0 Å². The predicted molar refractivity (Wildman–Crippen MR) is 125 cm³/mol. The minimum absolute atomic E-state index is 0.0577. The van der Waals surface area contributed by atoms with E-state index in [1.807, 2.05) is 36.4 Å². The third-order valence-corrected chi connectivity index (χ3v) is 6.57. The van der Waals surface area contributed by atoms with Gasteiger partial charge in [-0.15, -0.1) is 17.9 Å². The standard InChI is InChI=1S/C23H18FN3O2S2/c1-2-12-27-22(29)21-18(13-19(31-21)15-6-4-3-5-7-15)26-23(27)30-14-20(28)25-17-10-8-16(24)9-11-17/h2-11,13H,1,12,14H2,(H,25,28). The van der Waals surface area contributed by atoms with E-state index in [1.165, 1.54) is 51.9 Å². The molecule has 0 spiro atoms. The van der Waals surface area contributed by atoms with E-state index in [9.17, 15) is 14.0 Å². The Balaban J connectivity index is 1.60. The number of anilines is 1. The number of nitrogens with one attached hydrogen (secondary N) is 1. The van der Waals surface area contributed by atoms with E-state index in [0.717, 1.165) is 10.4 Å². The second kappa shape index (κ2) is 9.28. The summed E-state index contributed by atoms with van der Waals surface area (Å²) in [5.74, 6) is -0.586. The van der Waals surface area contributed by atoms with Crippen molar-refractivity contribution in [2.75, 3.05) is 11.1 Å². The highest BCUT2D eigenvalue weighted by Crippen LogP contribution is 2.32. The summed E-state index contributed by atoms with van der Waals surface area (Å²) in [5, 5.41) is 3.16. The molecule has 0 aliphatic carbocycles. The van der Waals surface area contributed by atoms with Gasteiger partial charge in [-0.05, 0) is 35.9 Å². The van der Waals surface area contributed by atoms with Crippen molar-refractivity contribution in [1.82, 2.24) is 9.55 Å². The zero-order valence-corrected chi connectivity index (χ0v) is 18.0.